The molecular weight excluding hydrogens is 210 g/mol. The number of rotatable bonds is 4. The van der Waals surface area contributed by atoms with E-state index in [1.54, 1.807) is 0 Å². The highest BCUT2D eigenvalue weighted by atomic mass is 15.3. The normalized spacial score (nSPS) is 39.4. The van der Waals surface area contributed by atoms with Gasteiger partial charge in [-0.05, 0) is 45.7 Å². The van der Waals surface area contributed by atoms with Gasteiger partial charge in [0.1, 0.15) is 0 Å². The third-order valence-electron chi connectivity index (χ3n) is 5.21. The standard InChI is InChI=1S/C14H29N3/c1-4-12-5-7-14(9-12,11-15)17-8-6-13(10-17)16(2)3/h12-13H,4-11,15H2,1-3H3. The van der Waals surface area contributed by atoms with Gasteiger partial charge in [0.15, 0.2) is 0 Å². The highest BCUT2D eigenvalue weighted by Crippen LogP contribution is 2.41. The Hall–Kier alpha value is -0.120. The first kappa shape index (κ1) is 13.3. The molecule has 1 saturated heterocycles. The van der Waals surface area contributed by atoms with Crippen LogP contribution in [0.15, 0.2) is 0 Å². The van der Waals surface area contributed by atoms with Crippen molar-refractivity contribution in [3.8, 4) is 0 Å². The van der Waals surface area contributed by atoms with Crippen LogP contribution in [-0.4, -0.2) is 55.1 Å². The Bertz CT molecular complexity index is 254. The van der Waals surface area contributed by atoms with Crippen LogP contribution in [0.3, 0.4) is 0 Å². The van der Waals surface area contributed by atoms with E-state index in [0.29, 0.717) is 5.54 Å². The third-order valence-corrected chi connectivity index (χ3v) is 5.21. The largest absolute Gasteiger partial charge is 0.329 e. The van der Waals surface area contributed by atoms with Crippen molar-refractivity contribution < 1.29 is 0 Å². The minimum Gasteiger partial charge on any atom is -0.329 e. The van der Waals surface area contributed by atoms with Gasteiger partial charge in [0.05, 0.1) is 0 Å². The summed E-state index contributed by atoms with van der Waals surface area (Å²) in [5.74, 6) is 0.914. The van der Waals surface area contributed by atoms with E-state index in [-0.39, 0.29) is 0 Å². The molecular formula is C14H29N3. The second-order valence-electron chi connectivity index (χ2n) is 6.30. The number of hydrogen-bond acceptors (Lipinski definition) is 3. The zero-order valence-electron chi connectivity index (χ0n) is 11.8. The molecule has 100 valence electrons. The molecule has 0 spiro atoms. The average Bonchev–Trinajstić information content (AvgIpc) is 2.96. The Morgan fingerprint density at radius 2 is 2.12 bits per heavy atom. The van der Waals surface area contributed by atoms with E-state index in [2.05, 4.69) is 30.8 Å². The van der Waals surface area contributed by atoms with Gasteiger partial charge in [-0.25, -0.2) is 0 Å². The maximum atomic E-state index is 6.13. The van der Waals surface area contributed by atoms with Crippen molar-refractivity contribution in [3.63, 3.8) is 0 Å². The highest BCUT2D eigenvalue weighted by molar-refractivity contribution is 5.02. The summed E-state index contributed by atoms with van der Waals surface area (Å²) in [6, 6.07) is 0.735. The monoisotopic (exact) mass is 239 g/mol. The van der Waals surface area contributed by atoms with E-state index in [1.165, 1.54) is 45.2 Å². The summed E-state index contributed by atoms with van der Waals surface area (Å²) in [5, 5.41) is 0. The number of nitrogens with zero attached hydrogens (tertiary/aromatic N) is 2. The van der Waals surface area contributed by atoms with Crippen molar-refractivity contribution in [2.24, 2.45) is 11.7 Å². The molecule has 1 aliphatic heterocycles. The summed E-state index contributed by atoms with van der Waals surface area (Å²) < 4.78 is 0. The Kier molecular flexibility index (Phi) is 4.11. The molecule has 3 heteroatoms. The minimum absolute atomic E-state index is 0.339. The van der Waals surface area contributed by atoms with E-state index in [0.717, 1.165) is 18.5 Å². The number of likely N-dealkylation sites (N-methyl/N-ethyl adjacent to an activating group) is 1. The van der Waals surface area contributed by atoms with Crippen molar-refractivity contribution in [1.82, 2.24) is 9.80 Å². The van der Waals surface area contributed by atoms with Crippen molar-refractivity contribution in [2.75, 3.05) is 33.7 Å². The van der Waals surface area contributed by atoms with E-state index in [9.17, 15) is 0 Å². The summed E-state index contributed by atoms with van der Waals surface area (Å²) in [6.45, 7) is 5.64. The van der Waals surface area contributed by atoms with Gasteiger partial charge in [-0.2, -0.15) is 0 Å². The van der Waals surface area contributed by atoms with E-state index in [4.69, 9.17) is 5.73 Å². The van der Waals surface area contributed by atoms with Gasteiger partial charge in [-0.1, -0.05) is 13.3 Å². The predicted octanol–water partition coefficient (Wildman–Crippen LogP) is 1.53. The smallest absolute Gasteiger partial charge is 0.0335 e. The first-order valence-electron chi connectivity index (χ1n) is 7.23. The topological polar surface area (TPSA) is 32.5 Å². The fraction of sp³-hybridized carbons (Fsp3) is 1.00. The van der Waals surface area contributed by atoms with Crippen molar-refractivity contribution in [3.05, 3.63) is 0 Å². The molecule has 0 radical (unpaired) electrons. The molecule has 3 atom stereocenters. The molecule has 1 heterocycles. The van der Waals surface area contributed by atoms with Crippen LogP contribution in [0.1, 0.15) is 39.0 Å². The lowest BCUT2D eigenvalue weighted by Crippen LogP contribution is -2.52. The lowest BCUT2D eigenvalue weighted by Gasteiger charge is -2.38. The SMILES string of the molecule is CCC1CCC(CN)(N2CCC(N(C)C)C2)C1. The maximum absolute atomic E-state index is 6.13. The predicted molar refractivity (Wildman–Crippen MR) is 73.1 cm³/mol. The molecule has 2 fully saturated rings. The second kappa shape index (κ2) is 5.25. The van der Waals surface area contributed by atoms with Crippen LogP contribution in [0.2, 0.25) is 0 Å². The molecule has 3 nitrogen and oxygen atoms in total. The zero-order valence-corrected chi connectivity index (χ0v) is 11.8. The maximum Gasteiger partial charge on any atom is 0.0335 e. The summed E-state index contributed by atoms with van der Waals surface area (Å²) in [5.41, 5.74) is 6.47. The van der Waals surface area contributed by atoms with E-state index < -0.39 is 0 Å². The average molecular weight is 239 g/mol. The molecule has 1 saturated carbocycles. The van der Waals surface area contributed by atoms with Gasteiger partial charge in [0, 0.05) is 31.2 Å². The van der Waals surface area contributed by atoms with Crippen LogP contribution in [0, 0.1) is 5.92 Å². The molecule has 17 heavy (non-hydrogen) atoms. The fourth-order valence-corrected chi connectivity index (χ4v) is 3.76. The fourth-order valence-electron chi connectivity index (χ4n) is 3.76. The zero-order chi connectivity index (χ0) is 12.5. The molecule has 0 amide bonds. The van der Waals surface area contributed by atoms with Gasteiger partial charge in [-0.3, -0.25) is 4.90 Å². The van der Waals surface area contributed by atoms with Crippen LogP contribution in [-0.2, 0) is 0 Å². The molecule has 3 unspecified atom stereocenters. The van der Waals surface area contributed by atoms with E-state index >= 15 is 0 Å². The number of nitrogens with two attached hydrogens (primary N) is 1. The van der Waals surface area contributed by atoms with Crippen LogP contribution in [0.25, 0.3) is 0 Å². The summed E-state index contributed by atoms with van der Waals surface area (Å²) in [6.07, 6.45) is 6.68. The Labute approximate surface area is 106 Å². The molecule has 1 aliphatic carbocycles. The first-order valence-corrected chi connectivity index (χ1v) is 7.23. The summed E-state index contributed by atoms with van der Waals surface area (Å²) >= 11 is 0. The van der Waals surface area contributed by atoms with Gasteiger partial charge < -0.3 is 10.6 Å². The quantitative estimate of drug-likeness (QED) is 0.807. The summed E-state index contributed by atoms with van der Waals surface area (Å²) in [7, 11) is 4.40. The van der Waals surface area contributed by atoms with E-state index in [1.807, 2.05) is 0 Å². The minimum atomic E-state index is 0.339. The highest BCUT2D eigenvalue weighted by Gasteiger charge is 2.44. The van der Waals surface area contributed by atoms with Gasteiger partial charge in [0.25, 0.3) is 0 Å². The summed E-state index contributed by atoms with van der Waals surface area (Å²) in [4.78, 5) is 5.07. The number of likely N-dealkylation sites (tertiary alicyclic amines) is 1. The molecule has 0 aromatic rings. The molecule has 0 bridgehead atoms. The van der Waals surface area contributed by atoms with Crippen molar-refractivity contribution in [1.29, 1.82) is 0 Å². The molecule has 0 aromatic carbocycles. The Morgan fingerprint density at radius 1 is 1.35 bits per heavy atom. The van der Waals surface area contributed by atoms with Gasteiger partial charge >= 0.3 is 0 Å². The third kappa shape index (κ3) is 2.51. The van der Waals surface area contributed by atoms with Gasteiger partial charge in [0.2, 0.25) is 0 Å². The Balaban J connectivity index is 2.00. The lowest BCUT2D eigenvalue weighted by molar-refractivity contribution is 0.115. The van der Waals surface area contributed by atoms with Gasteiger partial charge in [-0.15, -0.1) is 0 Å². The van der Waals surface area contributed by atoms with Crippen LogP contribution in [0.5, 0.6) is 0 Å². The molecule has 0 aromatic heterocycles. The van der Waals surface area contributed by atoms with Crippen LogP contribution >= 0.6 is 0 Å². The van der Waals surface area contributed by atoms with Crippen LogP contribution < -0.4 is 5.73 Å². The lowest BCUT2D eigenvalue weighted by atomic mass is 9.93. The second-order valence-corrected chi connectivity index (χ2v) is 6.30. The first-order chi connectivity index (χ1) is 8.11. The Morgan fingerprint density at radius 3 is 2.59 bits per heavy atom. The van der Waals surface area contributed by atoms with Crippen LogP contribution in [0.4, 0.5) is 0 Å². The molecule has 2 N–H and O–H groups in total. The van der Waals surface area contributed by atoms with Crippen molar-refractivity contribution >= 4 is 0 Å². The molecule has 2 aliphatic rings. The number of hydrogen-bond donors (Lipinski definition) is 1. The van der Waals surface area contributed by atoms with Crippen molar-refractivity contribution in [2.45, 2.75) is 50.6 Å². The molecule has 2 rings (SSSR count).